The summed E-state index contributed by atoms with van der Waals surface area (Å²) in [7, 11) is -0.965. The second kappa shape index (κ2) is 4.82. The van der Waals surface area contributed by atoms with E-state index in [4.69, 9.17) is 0 Å². The summed E-state index contributed by atoms with van der Waals surface area (Å²) in [5.74, 6) is -1.08. The standard InChI is InChI=1S/C12H15NO5S/c1-13(8-3-4-8)19(16,17)9-5-6-11(14)10(7-9)12(15)18-2/h5-8,14H,3-4H2,1-2H3. The molecule has 1 aliphatic carbocycles. The van der Waals surface area contributed by atoms with E-state index < -0.39 is 16.0 Å². The van der Waals surface area contributed by atoms with Crippen molar-refractivity contribution in [1.29, 1.82) is 0 Å². The van der Waals surface area contributed by atoms with Crippen LogP contribution in [-0.4, -0.2) is 44.0 Å². The van der Waals surface area contributed by atoms with Crippen LogP contribution in [0.3, 0.4) is 0 Å². The van der Waals surface area contributed by atoms with E-state index in [1.165, 1.54) is 30.6 Å². The van der Waals surface area contributed by atoms with Crippen molar-refractivity contribution < 1.29 is 23.1 Å². The first-order valence-corrected chi connectivity index (χ1v) is 7.21. The molecule has 0 unspecified atom stereocenters. The number of rotatable bonds is 4. The molecule has 1 fully saturated rings. The minimum Gasteiger partial charge on any atom is -0.507 e. The van der Waals surface area contributed by atoms with Gasteiger partial charge < -0.3 is 9.84 Å². The summed E-state index contributed by atoms with van der Waals surface area (Å²) in [4.78, 5) is 11.4. The van der Waals surface area contributed by atoms with Gasteiger partial charge in [-0.05, 0) is 31.0 Å². The fourth-order valence-corrected chi connectivity index (χ4v) is 3.19. The zero-order valence-electron chi connectivity index (χ0n) is 10.7. The number of methoxy groups -OCH3 is 1. The first kappa shape index (κ1) is 13.8. The predicted molar refractivity (Wildman–Crippen MR) is 67.4 cm³/mol. The van der Waals surface area contributed by atoms with Gasteiger partial charge in [0.15, 0.2) is 0 Å². The molecule has 0 aromatic heterocycles. The summed E-state index contributed by atoms with van der Waals surface area (Å²) in [6.07, 6.45) is 1.69. The molecule has 1 aliphatic rings. The molecule has 7 heteroatoms. The molecule has 0 bridgehead atoms. The SMILES string of the molecule is COC(=O)c1cc(S(=O)(=O)N(C)C2CC2)ccc1O. The maximum absolute atomic E-state index is 12.3. The number of hydrogen-bond donors (Lipinski definition) is 1. The number of esters is 1. The molecule has 0 amide bonds. The van der Waals surface area contributed by atoms with Gasteiger partial charge in [-0.25, -0.2) is 13.2 Å². The Labute approximate surface area is 111 Å². The topological polar surface area (TPSA) is 83.9 Å². The van der Waals surface area contributed by atoms with Crippen molar-refractivity contribution in [3.63, 3.8) is 0 Å². The van der Waals surface area contributed by atoms with Crippen LogP contribution in [0, 0.1) is 0 Å². The Morgan fingerprint density at radius 2 is 2.05 bits per heavy atom. The second-order valence-corrected chi connectivity index (χ2v) is 6.42. The highest BCUT2D eigenvalue weighted by molar-refractivity contribution is 7.89. The van der Waals surface area contributed by atoms with E-state index in [9.17, 15) is 18.3 Å². The van der Waals surface area contributed by atoms with Crippen molar-refractivity contribution in [2.75, 3.05) is 14.2 Å². The van der Waals surface area contributed by atoms with Gasteiger partial charge in [-0.2, -0.15) is 4.31 Å². The molecule has 0 atom stereocenters. The largest absolute Gasteiger partial charge is 0.507 e. The maximum atomic E-state index is 12.3. The van der Waals surface area contributed by atoms with Crippen LogP contribution in [0.5, 0.6) is 5.75 Å². The Kier molecular flexibility index (Phi) is 3.51. The third-order valence-corrected chi connectivity index (χ3v) is 5.02. The summed E-state index contributed by atoms with van der Waals surface area (Å²) in [5.41, 5.74) is -0.159. The third-order valence-electron chi connectivity index (χ3n) is 3.11. The van der Waals surface area contributed by atoms with Crippen LogP contribution in [0.4, 0.5) is 0 Å². The molecule has 1 aromatic carbocycles. The van der Waals surface area contributed by atoms with Gasteiger partial charge in [0.1, 0.15) is 11.3 Å². The highest BCUT2D eigenvalue weighted by Crippen LogP contribution is 2.31. The summed E-state index contributed by atoms with van der Waals surface area (Å²) < 4.78 is 30.4. The molecule has 2 rings (SSSR count). The fourth-order valence-electron chi connectivity index (χ4n) is 1.75. The van der Waals surface area contributed by atoms with E-state index in [0.29, 0.717) is 0 Å². The summed E-state index contributed by atoms with van der Waals surface area (Å²) in [6.45, 7) is 0. The highest BCUT2D eigenvalue weighted by Gasteiger charge is 2.35. The summed E-state index contributed by atoms with van der Waals surface area (Å²) in [6, 6.07) is 3.62. The third kappa shape index (κ3) is 2.57. The average molecular weight is 285 g/mol. The number of carbonyl (C=O) groups excluding carboxylic acids is 1. The number of aromatic hydroxyl groups is 1. The van der Waals surface area contributed by atoms with Gasteiger partial charge >= 0.3 is 5.97 Å². The van der Waals surface area contributed by atoms with Crippen LogP contribution in [0.1, 0.15) is 23.2 Å². The number of nitrogens with zero attached hydrogens (tertiary/aromatic N) is 1. The second-order valence-electron chi connectivity index (χ2n) is 4.42. The minimum absolute atomic E-state index is 0.0277. The normalized spacial score (nSPS) is 15.5. The zero-order chi connectivity index (χ0) is 14.2. The van der Waals surface area contributed by atoms with Gasteiger partial charge in [0.25, 0.3) is 0 Å². The van der Waals surface area contributed by atoms with Gasteiger partial charge in [0.2, 0.25) is 10.0 Å². The molecule has 19 heavy (non-hydrogen) atoms. The van der Waals surface area contributed by atoms with E-state index >= 15 is 0 Å². The number of phenols is 1. The fraction of sp³-hybridized carbons (Fsp3) is 0.417. The van der Waals surface area contributed by atoms with E-state index in [0.717, 1.165) is 18.9 Å². The molecule has 0 heterocycles. The number of phenolic OH excluding ortho intramolecular Hbond substituents is 1. The van der Waals surface area contributed by atoms with Gasteiger partial charge in [0.05, 0.1) is 12.0 Å². The van der Waals surface area contributed by atoms with Crippen LogP contribution in [0.25, 0.3) is 0 Å². The van der Waals surface area contributed by atoms with Crippen LogP contribution < -0.4 is 0 Å². The number of benzene rings is 1. The molecular formula is C12H15NO5S. The van der Waals surface area contributed by atoms with Crippen molar-refractivity contribution in [2.24, 2.45) is 0 Å². The molecule has 6 nitrogen and oxygen atoms in total. The summed E-state index contributed by atoms with van der Waals surface area (Å²) in [5, 5.41) is 9.55. The molecule has 1 saturated carbocycles. The lowest BCUT2D eigenvalue weighted by atomic mass is 10.2. The molecule has 104 valence electrons. The first-order chi connectivity index (χ1) is 8.87. The number of sulfonamides is 1. The molecule has 0 aliphatic heterocycles. The number of carbonyl (C=O) groups is 1. The van der Waals surface area contributed by atoms with E-state index in [1.807, 2.05) is 0 Å². The van der Waals surface area contributed by atoms with E-state index in [2.05, 4.69) is 4.74 Å². The lowest BCUT2D eigenvalue weighted by Gasteiger charge is -2.16. The van der Waals surface area contributed by atoms with E-state index in [1.54, 1.807) is 0 Å². The first-order valence-electron chi connectivity index (χ1n) is 5.77. The predicted octanol–water partition coefficient (Wildman–Crippen LogP) is 0.962. The Morgan fingerprint density at radius 1 is 1.42 bits per heavy atom. The van der Waals surface area contributed by atoms with Gasteiger partial charge in [-0.15, -0.1) is 0 Å². The zero-order valence-corrected chi connectivity index (χ0v) is 11.5. The molecular weight excluding hydrogens is 270 g/mol. The van der Waals surface area contributed by atoms with E-state index in [-0.39, 0.29) is 22.3 Å². The Hall–Kier alpha value is -1.60. The Balaban J connectivity index is 2.43. The van der Waals surface area contributed by atoms with Crippen molar-refractivity contribution >= 4 is 16.0 Å². The molecule has 0 radical (unpaired) electrons. The van der Waals surface area contributed by atoms with Gasteiger partial charge in [-0.3, -0.25) is 0 Å². The van der Waals surface area contributed by atoms with Crippen LogP contribution >= 0.6 is 0 Å². The van der Waals surface area contributed by atoms with Gasteiger partial charge in [0, 0.05) is 13.1 Å². The maximum Gasteiger partial charge on any atom is 0.341 e. The van der Waals surface area contributed by atoms with Gasteiger partial charge in [-0.1, -0.05) is 0 Å². The van der Waals surface area contributed by atoms with Crippen LogP contribution in [-0.2, 0) is 14.8 Å². The van der Waals surface area contributed by atoms with Crippen molar-refractivity contribution in [1.82, 2.24) is 4.31 Å². The van der Waals surface area contributed by atoms with Crippen molar-refractivity contribution in [3.8, 4) is 5.75 Å². The summed E-state index contributed by atoms with van der Waals surface area (Å²) >= 11 is 0. The number of ether oxygens (including phenoxy) is 1. The molecule has 1 aromatic rings. The monoisotopic (exact) mass is 285 g/mol. The Morgan fingerprint density at radius 3 is 2.58 bits per heavy atom. The average Bonchev–Trinajstić information content (AvgIpc) is 3.21. The minimum atomic E-state index is -3.64. The lowest BCUT2D eigenvalue weighted by molar-refractivity contribution is 0.0597. The molecule has 1 N–H and O–H groups in total. The van der Waals surface area contributed by atoms with Crippen molar-refractivity contribution in [3.05, 3.63) is 23.8 Å². The van der Waals surface area contributed by atoms with Crippen LogP contribution in [0.15, 0.2) is 23.1 Å². The number of hydrogen-bond acceptors (Lipinski definition) is 5. The molecule has 0 saturated heterocycles. The lowest BCUT2D eigenvalue weighted by Crippen LogP contribution is -2.29. The van der Waals surface area contributed by atoms with Crippen molar-refractivity contribution in [2.45, 2.75) is 23.8 Å². The highest BCUT2D eigenvalue weighted by atomic mass is 32.2. The van der Waals surface area contributed by atoms with Crippen LogP contribution in [0.2, 0.25) is 0 Å². The quantitative estimate of drug-likeness (QED) is 0.833. The Bertz CT molecular complexity index is 607. The smallest absolute Gasteiger partial charge is 0.341 e. The molecule has 0 spiro atoms.